The van der Waals surface area contributed by atoms with Gasteiger partial charge in [-0.3, -0.25) is 4.68 Å². The van der Waals surface area contributed by atoms with Crippen LogP contribution in [0.15, 0.2) is 12.4 Å². The first kappa shape index (κ1) is 18.8. The molecular weight excluding hydrogens is 378 g/mol. The number of aromatic nitrogens is 4. The number of ether oxygens (including phenoxy) is 2. The fourth-order valence-corrected chi connectivity index (χ4v) is 4.67. The van der Waals surface area contributed by atoms with Gasteiger partial charge in [0.15, 0.2) is 0 Å². The number of anilines is 1. The lowest BCUT2D eigenvalue weighted by Gasteiger charge is -2.34. The monoisotopic (exact) mass is 401 g/mol. The molecule has 9 heteroatoms. The number of thiophene rings is 1. The number of hydrogen-bond donors (Lipinski definition) is 0. The SMILES string of the molecule is COC(=O)c1sc2nc(C)nc(N3CCOC(Cn4cc(C)cn4)C3)c2c1C. The van der Waals surface area contributed by atoms with Crippen LogP contribution in [0.25, 0.3) is 10.2 Å². The summed E-state index contributed by atoms with van der Waals surface area (Å²) < 4.78 is 12.8. The molecule has 1 fully saturated rings. The highest BCUT2D eigenvalue weighted by Crippen LogP contribution is 2.36. The maximum absolute atomic E-state index is 12.1. The third kappa shape index (κ3) is 3.47. The van der Waals surface area contributed by atoms with Gasteiger partial charge in [0.1, 0.15) is 21.3 Å². The molecule has 0 bridgehead atoms. The molecule has 1 aliphatic heterocycles. The molecule has 0 radical (unpaired) electrons. The van der Waals surface area contributed by atoms with E-state index in [-0.39, 0.29) is 12.1 Å². The predicted molar refractivity (Wildman–Crippen MR) is 107 cm³/mol. The zero-order valence-electron chi connectivity index (χ0n) is 16.4. The Bertz CT molecular complexity index is 1030. The van der Waals surface area contributed by atoms with Crippen molar-refractivity contribution in [2.24, 2.45) is 0 Å². The Morgan fingerprint density at radius 1 is 1.36 bits per heavy atom. The van der Waals surface area contributed by atoms with E-state index in [1.54, 1.807) is 0 Å². The number of aryl methyl sites for hydroxylation is 3. The summed E-state index contributed by atoms with van der Waals surface area (Å²) in [6.07, 6.45) is 3.87. The second kappa shape index (κ2) is 7.48. The molecule has 3 aromatic heterocycles. The standard InChI is InChI=1S/C19H23N5O3S/c1-11-7-20-24(8-11)10-14-9-23(5-6-27-14)17-15-12(2)16(19(25)26-4)28-18(15)22-13(3)21-17/h7-8,14H,5-6,9-10H2,1-4H3. The van der Waals surface area contributed by atoms with Gasteiger partial charge < -0.3 is 14.4 Å². The number of methoxy groups -OCH3 is 1. The van der Waals surface area contributed by atoms with Gasteiger partial charge in [-0.05, 0) is 31.9 Å². The van der Waals surface area contributed by atoms with Crippen molar-refractivity contribution in [3.8, 4) is 0 Å². The summed E-state index contributed by atoms with van der Waals surface area (Å²) >= 11 is 1.36. The summed E-state index contributed by atoms with van der Waals surface area (Å²) in [5.41, 5.74) is 2.00. The van der Waals surface area contributed by atoms with Gasteiger partial charge in [0.25, 0.3) is 0 Å². The molecule has 0 amide bonds. The van der Waals surface area contributed by atoms with Crippen LogP contribution in [-0.4, -0.2) is 58.6 Å². The lowest BCUT2D eigenvalue weighted by atomic mass is 10.1. The molecule has 4 rings (SSSR count). The molecule has 0 aliphatic carbocycles. The number of rotatable bonds is 4. The van der Waals surface area contributed by atoms with Gasteiger partial charge >= 0.3 is 5.97 Å². The molecule has 0 aromatic carbocycles. The molecule has 0 spiro atoms. The second-order valence-corrected chi connectivity index (χ2v) is 8.00. The van der Waals surface area contributed by atoms with Crippen molar-refractivity contribution in [3.63, 3.8) is 0 Å². The smallest absolute Gasteiger partial charge is 0.348 e. The molecule has 28 heavy (non-hydrogen) atoms. The van der Waals surface area contributed by atoms with E-state index in [2.05, 4.69) is 15.0 Å². The van der Waals surface area contributed by atoms with Crippen LogP contribution >= 0.6 is 11.3 Å². The Morgan fingerprint density at radius 2 is 2.18 bits per heavy atom. The van der Waals surface area contributed by atoms with Gasteiger partial charge in [0.05, 0.1) is 37.9 Å². The summed E-state index contributed by atoms with van der Waals surface area (Å²) in [6, 6.07) is 0. The third-order valence-corrected chi connectivity index (χ3v) is 6.01. The van der Waals surface area contributed by atoms with Gasteiger partial charge in [-0.25, -0.2) is 14.8 Å². The van der Waals surface area contributed by atoms with Gasteiger partial charge in [-0.15, -0.1) is 11.3 Å². The lowest BCUT2D eigenvalue weighted by Crippen LogP contribution is -2.44. The highest BCUT2D eigenvalue weighted by atomic mass is 32.1. The normalized spacial score (nSPS) is 17.3. The van der Waals surface area contributed by atoms with Crippen LogP contribution in [0.3, 0.4) is 0 Å². The molecule has 0 N–H and O–H groups in total. The van der Waals surface area contributed by atoms with Gasteiger partial charge in [-0.1, -0.05) is 0 Å². The van der Waals surface area contributed by atoms with Crippen molar-refractivity contribution >= 4 is 33.3 Å². The highest BCUT2D eigenvalue weighted by molar-refractivity contribution is 7.20. The molecule has 1 saturated heterocycles. The topological polar surface area (TPSA) is 82.4 Å². The second-order valence-electron chi connectivity index (χ2n) is 7.00. The van der Waals surface area contributed by atoms with Crippen molar-refractivity contribution in [1.29, 1.82) is 0 Å². The fourth-order valence-electron chi connectivity index (χ4n) is 3.54. The first-order chi connectivity index (χ1) is 13.5. The maximum atomic E-state index is 12.1. The number of nitrogens with zero attached hydrogens (tertiary/aromatic N) is 5. The van der Waals surface area contributed by atoms with Crippen LogP contribution < -0.4 is 4.90 Å². The Balaban J connectivity index is 1.67. The van der Waals surface area contributed by atoms with E-state index < -0.39 is 0 Å². The van der Waals surface area contributed by atoms with Crippen molar-refractivity contribution in [3.05, 3.63) is 34.2 Å². The lowest BCUT2D eigenvalue weighted by molar-refractivity contribution is 0.0272. The molecular formula is C19H23N5O3S. The largest absolute Gasteiger partial charge is 0.465 e. The Hall–Kier alpha value is -2.52. The Morgan fingerprint density at radius 3 is 2.89 bits per heavy atom. The number of carbonyl (C=O) groups excluding carboxylic acids is 1. The average molecular weight is 401 g/mol. The van der Waals surface area contributed by atoms with Crippen LogP contribution in [0, 0.1) is 20.8 Å². The van der Waals surface area contributed by atoms with Crippen molar-refractivity contribution in [2.75, 3.05) is 31.7 Å². The van der Waals surface area contributed by atoms with Crippen LogP contribution in [0.2, 0.25) is 0 Å². The van der Waals surface area contributed by atoms with E-state index >= 15 is 0 Å². The predicted octanol–water partition coefficient (Wildman–Crippen LogP) is 2.51. The van der Waals surface area contributed by atoms with Crippen LogP contribution in [0.5, 0.6) is 0 Å². The number of morpholine rings is 1. The molecule has 1 unspecified atom stereocenters. The number of carbonyl (C=O) groups is 1. The minimum absolute atomic E-state index is 0.0115. The number of fused-ring (bicyclic) bond motifs is 1. The summed E-state index contributed by atoms with van der Waals surface area (Å²) in [4.78, 5) is 25.0. The molecule has 1 aliphatic rings. The Kier molecular flexibility index (Phi) is 5.03. The van der Waals surface area contributed by atoms with E-state index in [1.807, 2.05) is 37.8 Å². The molecule has 148 valence electrons. The van der Waals surface area contributed by atoms with E-state index in [1.165, 1.54) is 18.4 Å². The van der Waals surface area contributed by atoms with Gasteiger partial charge in [0, 0.05) is 19.3 Å². The van der Waals surface area contributed by atoms with Gasteiger partial charge in [-0.2, -0.15) is 5.10 Å². The number of esters is 1. The zero-order chi connectivity index (χ0) is 19.8. The quantitative estimate of drug-likeness (QED) is 0.621. The van der Waals surface area contributed by atoms with Gasteiger partial charge in [0.2, 0.25) is 0 Å². The van der Waals surface area contributed by atoms with E-state index in [4.69, 9.17) is 14.5 Å². The van der Waals surface area contributed by atoms with E-state index in [0.717, 1.165) is 33.7 Å². The third-order valence-electron chi connectivity index (χ3n) is 4.84. The molecule has 1 atom stereocenters. The summed E-state index contributed by atoms with van der Waals surface area (Å²) in [7, 11) is 1.40. The summed E-state index contributed by atoms with van der Waals surface area (Å²) in [6.45, 7) is 8.57. The van der Waals surface area contributed by atoms with Crippen molar-refractivity contribution < 1.29 is 14.3 Å². The highest BCUT2D eigenvalue weighted by Gasteiger charge is 2.27. The van der Waals surface area contributed by atoms with Crippen LogP contribution in [-0.2, 0) is 16.0 Å². The van der Waals surface area contributed by atoms with Crippen LogP contribution in [0.1, 0.15) is 26.6 Å². The summed E-state index contributed by atoms with van der Waals surface area (Å²) in [5.74, 6) is 1.21. The minimum Gasteiger partial charge on any atom is -0.465 e. The fraction of sp³-hybridized carbons (Fsp3) is 0.474. The molecule has 8 nitrogen and oxygen atoms in total. The summed E-state index contributed by atoms with van der Waals surface area (Å²) in [5, 5.41) is 5.28. The Labute approximate surface area is 167 Å². The first-order valence-corrected chi connectivity index (χ1v) is 9.99. The van der Waals surface area contributed by atoms with Crippen molar-refractivity contribution in [1.82, 2.24) is 19.7 Å². The van der Waals surface area contributed by atoms with Crippen molar-refractivity contribution in [2.45, 2.75) is 33.4 Å². The van der Waals surface area contributed by atoms with Crippen LogP contribution in [0.4, 0.5) is 5.82 Å². The van der Waals surface area contributed by atoms with E-state index in [0.29, 0.717) is 30.4 Å². The average Bonchev–Trinajstić information content (AvgIpc) is 3.23. The zero-order valence-corrected chi connectivity index (χ0v) is 17.2. The minimum atomic E-state index is -0.335. The molecule has 0 saturated carbocycles. The first-order valence-electron chi connectivity index (χ1n) is 9.18. The molecule has 3 aromatic rings. The number of hydrogen-bond acceptors (Lipinski definition) is 8. The maximum Gasteiger partial charge on any atom is 0.348 e. The molecule has 4 heterocycles. The van der Waals surface area contributed by atoms with E-state index in [9.17, 15) is 4.79 Å².